The second-order valence-corrected chi connectivity index (χ2v) is 29.5. The Hall–Kier alpha value is -12.3. The van der Waals surface area contributed by atoms with Gasteiger partial charge in [0.25, 0.3) is 0 Å². The maximum Gasteiger partial charge on any atom is 0.494 e. The average molecular weight is 1440 g/mol. The summed E-state index contributed by atoms with van der Waals surface area (Å²) >= 11 is 5.88. The van der Waals surface area contributed by atoms with Crippen molar-refractivity contribution in [3.63, 3.8) is 0 Å². The van der Waals surface area contributed by atoms with Gasteiger partial charge in [-0.25, -0.2) is 44.9 Å². The minimum Gasteiger partial charge on any atom is -0.399 e. The molecule has 2 aliphatic rings. The van der Waals surface area contributed by atoms with Gasteiger partial charge in [-0.15, -0.1) is 0 Å². The van der Waals surface area contributed by atoms with Crippen LogP contribution >= 0.6 is 11.6 Å². The summed E-state index contributed by atoms with van der Waals surface area (Å²) in [4.78, 5) is 58.3. The number of aromatic nitrogens is 12. The van der Waals surface area contributed by atoms with Crippen LogP contribution in [0.4, 0.5) is 0 Å². The molecule has 16 nitrogen and oxygen atoms in total. The van der Waals surface area contributed by atoms with Gasteiger partial charge in [0.05, 0.1) is 66.9 Å². The van der Waals surface area contributed by atoms with Crippen molar-refractivity contribution in [2.75, 3.05) is 0 Å². The van der Waals surface area contributed by atoms with E-state index in [-0.39, 0.29) is 0 Å². The van der Waals surface area contributed by atoms with E-state index in [2.05, 4.69) is 144 Å². The predicted molar refractivity (Wildman–Crippen MR) is 438 cm³/mol. The van der Waals surface area contributed by atoms with Crippen LogP contribution in [0.2, 0.25) is 5.15 Å². The molecule has 2 saturated heterocycles. The Balaban J connectivity index is 0.000000136. The highest BCUT2D eigenvalue weighted by atomic mass is 35.5. The number of rotatable bonds is 10. The van der Waals surface area contributed by atoms with E-state index in [1.54, 1.807) is 12.3 Å². The van der Waals surface area contributed by atoms with E-state index in [4.69, 9.17) is 80.1 Å². The summed E-state index contributed by atoms with van der Waals surface area (Å²) in [5, 5.41) is 6.79. The zero-order valence-corrected chi connectivity index (χ0v) is 61.9. The molecule has 0 atom stereocenters. The Labute approximate surface area is 636 Å². The Bertz CT molecular complexity index is 5990. The zero-order valence-electron chi connectivity index (χ0n) is 61.2. The lowest BCUT2D eigenvalue weighted by Gasteiger charge is -2.32. The van der Waals surface area contributed by atoms with Crippen molar-refractivity contribution in [2.45, 2.75) is 77.8 Å². The number of nitrogens with zero attached hydrogens (tertiary/aromatic N) is 12. The smallest absolute Gasteiger partial charge is 0.399 e. The first-order valence-electron chi connectivity index (χ1n) is 36.2. The quantitative estimate of drug-likeness (QED) is 0.0713. The standard InChI is InChI=1S/C45H27N7.C33H37B2N3O4.C12H7ClN2/c1-3-9-32(10-4-1)43-50-44(33-11-5-2-6-12-33)52-45(51-43)36-26-34(37-21-19-30-17-15-28-13-7-23-46-39(28)41(30)48-37)25-35(27-36)38-22-20-31-18-16-29-14-8-24-47-40(29)42(31)49-38;1-30(2)31(3,4)40-34(39-30)25-19-24(20-26(21-25)35-41-32(5,6)33(7,8)42-35)29-37-27(22-15-11-9-12-16-22)36-28(38-29)23-17-13-10-14-18-23;13-10-6-5-9-4-3-8-2-1-7-14-11(8)12(9)15-10/h1-27H;9-21H,1-8H3;1-7H. The average Bonchev–Trinajstić information content (AvgIpc) is 1.73. The van der Waals surface area contributed by atoms with Crippen LogP contribution in [0.15, 0.2) is 286 Å². The molecule has 0 spiro atoms. The summed E-state index contributed by atoms with van der Waals surface area (Å²) < 4.78 is 25.9. The van der Waals surface area contributed by atoms with Crippen LogP contribution in [0, 0.1) is 0 Å². The van der Waals surface area contributed by atoms with Crippen molar-refractivity contribution < 1.29 is 18.6 Å². The van der Waals surface area contributed by atoms with E-state index < -0.39 is 36.6 Å². The van der Waals surface area contributed by atoms with Gasteiger partial charge in [0.1, 0.15) is 5.15 Å². The summed E-state index contributed by atoms with van der Waals surface area (Å²) in [6.45, 7) is 16.4. The SMILES string of the molecule is CC1(C)OB(c2cc(B3OC(C)(C)C(C)(C)O3)cc(-c3nc(-c4ccccc4)nc(-c4ccccc4)n3)c2)OC1(C)C.Clc1ccc2ccc3cccnc3c2n1.c1ccc(-c2nc(-c3ccccc3)nc(-c3cc(-c4ccc5ccc6cccnc6c5n4)cc(-c4ccc5ccc6cccnc6c5n4)c3)n2)cc1. The number of pyridine rings is 6. The molecule has 9 aromatic carbocycles. The van der Waals surface area contributed by atoms with Crippen LogP contribution < -0.4 is 10.9 Å². The number of halogens is 1. The molecule has 17 aromatic rings. The molecule has 109 heavy (non-hydrogen) atoms. The lowest BCUT2D eigenvalue weighted by atomic mass is 9.71. The molecule has 0 unspecified atom stereocenters. The number of hydrogen-bond acceptors (Lipinski definition) is 16. The van der Waals surface area contributed by atoms with E-state index in [0.29, 0.717) is 40.1 Å². The minimum atomic E-state index is -0.583. The van der Waals surface area contributed by atoms with Crippen molar-refractivity contribution >= 4 is 102 Å². The van der Waals surface area contributed by atoms with Crippen LogP contribution in [0.5, 0.6) is 0 Å². The monoisotopic (exact) mass is 1440 g/mol. The summed E-state index contributed by atoms with van der Waals surface area (Å²) in [5.74, 6) is 3.48. The van der Waals surface area contributed by atoms with E-state index in [0.717, 1.165) is 132 Å². The van der Waals surface area contributed by atoms with Crippen LogP contribution in [0.1, 0.15) is 55.4 Å². The normalized spacial score (nSPS) is 14.8. The maximum atomic E-state index is 6.47. The van der Waals surface area contributed by atoms with E-state index in [9.17, 15) is 0 Å². The van der Waals surface area contributed by atoms with Crippen LogP contribution in [0.25, 0.3) is 156 Å². The summed E-state index contributed by atoms with van der Waals surface area (Å²) in [7, 11) is -1.17. The third kappa shape index (κ3) is 14.0. The highest BCUT2D eigenvalue weighted by molar-refractivity contribution is 6.66. The van der Waals surface area contributed by atoms with E-state index in [1.807, 2.05) is 194 Å². The summed E-state index contributed by atoms with van der Waals surface area (Å²) in [6, 6.07) is 88.9. The van der Waals surface area contributed by atoms with Crippen molar-refractivity contribution in [3.05, 3.63) is 291 Å². The van der Waals surface area contributed by atoms with Gasteiger partial charge < -0.3 is 18.6 Å². The molecule has 10 heterocycles. The number of hydrogen-bond donors (Lipinski definition) is 0. The zero-order chi connectivity index (χ0) is 74.6. The first-order valence-corrected chi connectivity index (χ1v) is 36.6. The first kappa shape index (κ1) is 69.7. The molecule has 8 aromatic heterocycles. The molecule has 0 N–H and O–H groups in total. The van der Waals surface area contributed by atoms with Crippen molar-refractivity contribution in [3.8, 4) is 90.8 Å². The Morgan fingerprint density at radius 1 is 0.239 bits per heavy atom. The molecule has 19 rings (SSSR count). The van der Waals surface area contributed by atoms with Gasteiger partial charge >= 0.3 is 14.2 Å². The van der Waals surface area contributed by atoms with Gasteiger partial charge in [-0.05, 0) is 127 Å². The van der Waals surface area contributed by atoms with Crippen molar-refractivity contribution in [1.29, 1.82) is 0 Å². The van der Waals surface area contributed by atoms with Gasteiger partial charge in [0, 0.05) is 95.4 Å². The molecule has 2 fully saturated rings. The van der Waals surface area contributed by atoms with E-state index in [1.165, 1.54) is 0 Å². The third-order valence-corrected chi connectivity index (χ3v) is 20.9. The van der Waals surface area contributed by atoms with Gasteiger partial charge in [0.2, 0.25) is 0 Å². The first-order chi connectivity index (χ1) is 52.8. The Morgan fingerprint density at radius 3 is 0.835 bits per heavy atom. The predicted octanol–water partition coefficient (Wildman–Crippen LogP) is 19.3. The molecule has 2 aliphatic heterocycles. The molecule has 0 saturated carbocycles. The number of fused-ring (bicyclic) bond motifs is 9. The van der Waals surface area contributed by atoms with Gasteiger partial charge in [0.15, 0.2) is 34.9 Å². The molecule has 0 bridgehead atoms. The second-order valence-electron chi connectivity index (χ2n) is 29.1. The van der Waals surface area contributed by atoms with E-state index >= 15 is 0 Å². The Morgan fingerprint density at radius 2 is 0.505 bits per heavy atom. The summed E-state index contributed by atoms with van der Waals surface area (Å²) in [5.41, 5.74) is 13.6. The highest BCUT2D eigenvalue weighted by Crippen LogP contribution is 2.41. The van der Waals surface area contributed by atoms with Gasteiger partial charge in [-0.3, -0.25) is 15.0 Å². The molecule has 0 radical (unpaired) electrons. The molecular weight excluding hydrogens is 1370 g/mol. The fourth-order valence-corrected chi connectivity index (χ4v) is 13.6. The molecule has 0 amide bonds. The molecular formula is C90H71B2ClN12O4. The summed E-state index contributed by atoms with van der Waals surface area (Å²) in [6.07, 6.45) is 5.40. The van der Waals surface area contributed by atoms with Crippen LogP contribution in [0.3, 0.4) is 0 Å². The lowest BCUT2D eigenvalue weighted by Crippen LogP contribution is -2.41. The fraction of sp³-hybridized carbons (Fsp3) is 0.133. The maximum absolute atomic E-state index is 6.47. The second kappa shape index (κ2) is 28.5. The fourth-order valence-electron chi connectivity index (χ4n) is 13.4. The molecule has 528 valence electrons. The largest absolute Gasteiger partial charge is 0.494 e. The lowest BCUT2D eigenvalue weighted by molar-refractivity contribution is 0.00578. The third-order valence-electron chi connectivity index (χ3n) is 20.7. The highest BCUT2D eigenvalue weighted by Gasteiger charge is 2.54. The number of benzene rings is 9. The van der Waals surface area contributed by atoms with Gasteiger partial charge in [-0.1, -0.05) is 218 Å². The van der Waals surface area contributed by atoms with Crippen molar-refractivity contribution in [2.24, 2.45) is 0 Å². The van der Waals surface area contributed by atoms with Crippen LogP contribution in [-0.4, -0.2) is 96.4 Å². The van der Waals surface area contributed by atoms with Gasteiger partial charge in [-0.2, -0.15) is 0 Å². The topological polar surface area (TPSA) is 192 Å². The van der Waals surface area contributed by atoms with Crippen LogP contribution in [-0.2, 0) is 18.6 Å². The molecule has 19 heteroatoms. The Kier molecular flexibility index (Phi) is 18.2. The minimum absolute atomic E-state index is 0.494. The van der Waals surface area contributed by atoms with Crippen molar-refractivity contribution in [1.82, 2.24) is 59.8 Å². The molecule has 0 aliphatic carbocycles.